The van der Waals surface area contributed by atoms with Gasteiger partial charge in [-0.1, -0.05) is 0 Å². The maximum Gasteiger partial charge on any atom is 0.155 e. The number of hydrogen-bond donors (Lipinski definition) is 1. The summed E-state index contributed by atoms with van der Waals surface area (Å²) in [5.41, 5.74) is 0.756. The Bertz CT molecular complexity index is 448. The monoisotopic (exact) mass is 229 g/mol. The second-order valence-electron chi connectivity index (χ2n) is 3.55. The van der Waals surface area contributed by atoms with Crippen LogP contribution in [0.25, 0.3) is 0 Å². The predicted molar refractivity (Wildman–Crippen MR) is 54.8 cm³/mol. The highest BCUT2D eigenvalue weighted by molar-refractivity contribution is 7.91. The van der Waals surface area contributed by atoms with Crippen LogP contribution < -0.4 is 0 Å². The Kier molecular flexibility index (Phi) is 2.62. The molecule has 1 aliphatic rings. The van der Waals surface area contributed by atoms with E-state index in [4.69, 9.17) is 4.42 Å². The van der Waals surface area contributed by atoms with Crippen LogP contribution in [0.15, 0.2) is 28.0 Å². The molecule has 1 aromatic heterocycles. The summed E-state index contributed by atoms with van der Waals surface area (Å²) >= 11 is 0. The molecular weight excluding hydrogens is 218 g/mol. The first-order chi connectivity index (χ1) is 7.07. The van der Waals surface area contributed by atoms with Crippen LogP contribution in [0.4, 0.5) is 0 Å². The Morgan fingerprint density at radius 2 is 2.33 bits per heavy atom. The number of sulfone groups is 1. The first-order valence-electron chi connectivity index (χ1n) is 4.51. The molecule has 1 N–H and O–H groups in total. The van der Waals surface area contributed by atoms with Crippen LogP contribution in [-0.2, 0) is 9.84 Å². The molecule has 0 aromatic carbocycles. The van der Waals surface area contributed by atoms with E-state index in [-0.39, 0.29) is 11.5 Å². The summed E-state index contributed by atoms with van der Waals surface area (Å²) in [6.07, 6.45) is 3.62. The van der Waals surface area contributed by atoms with Gasteiger partial charge < -0.3 is 9.52 Å². The minimum absolute atomic E-state index is 0.0808. The van der Waals surface area contributed by atoms with E-state index in [0.29, 0.717) is 0 Å². The predicted octanol–water partition coefficient (Wildman–Crippen LogP) is -0.144. The molecule has 2 rings (SSSR count). The molecule has 2 atom stereocenters. The van der Waals surface area contributed by atoms with Gasteiger partial charge in [-0.3, -0.25) is 4.99 Å². The van der Waals surface area contributed by atoms with Crippen molar-refractivity contribution in [2.24, 2.45) is 4.99 Å². The molecule has 0 aliphatic carbocycles. The van der Waals surface area contributed by atoms with Crippen molar-refractivity contribution in [3.8, 4) is 0 Å². The van der Waals surface area contributed by atoms with Crippen molar-refractivity contribution in [3.05, 3.63) is 24.2 Å². The second kappa shape index (κ2) is 3.79. The molecule has 0 saturated carbocycles. The quantitative estimate of drug-likeness (QED) is 0.715. The number of nitrogens with zero attached hydrogens (tertiary/aromatic N) is 1. The maximum absolute atomic E-state index is 11.2. The van der Waals surface area contributed by atoms with E-state index in [9.17, 15) is 13.5 Å². The number of rotatable bonds is 2. The molecule has 0 spiro atoms. The highest BCUT2D eigenvalue weighted by Gasteiger charge is 2.35. The molecule has 1 aromatic rings. The molecule has 1 fully saturated rings. The fraction of sp³-hybridized carbons (Fsp3) is 0.444. The summed E-state index contributed by atoms with van der Waals surface area (Å²) in [5, 5.41) is 9.44. The second-order valence-corrected chi connectivity index (χ2v) is 5.70. The number of furan rings is 1. The Morgan fingerprint density at radius 1 is 1.53 bits per heavy atom. The zero-order valence-corrected chi connectivity index (χ0v) is 8.72. The van der Waals surface area contributed by atoms with Crippen molar-refractivity contribution < 1.29 is 17.9 Å². The summed E-state index contributed by atoms with van der Waals surface area (Å²) in [6.45, 7) is 0. The first kappa shape index (κ1) is 10.4. The Hall–Kier alpha value is -1.14. The lowest BCUT2D eigenvalue weighted by atomic mass is 10.2. The molecule has 0 amide bonds. The molecule has 5 nitrogen and oxygen atoms in total. The van der Waals surface area contributed by atoms with Crippen molar-refractivity contribution in [2.75, 3.05) is 11.5 Å². The number of aliphatic imine (C=N–C) groups is 1. The van der Waals surface area contributed by atoms with E-state index in [1.165, 1.54) is 18.7 Å². The van der Waals surface area contributed by atoms with E-state index in [2.05, 4.69) is 4.99 Å². The van der Waals surface area contributed by atoms with Gasteiger partial charge in [-0.05, 0) is 6.07 Å². The van der Waals surface area contributed by atoms with Gasteiger partial charge in [0, 0.05) is 11.8 Å². The molecule has 1 aliphatic heterocycles. The Morgan fingerprint density at radius 3 is 2.87 bits per heavy atom. The van der Waals surface area contributed by atoms with Gasteiger partial charge in [0.1, 0.15) is 0 Å². The number of aliphatic hydroxyl groups is 1. The van der Waals surface area contributed by atoms with Gasteiger partial charge in [-0.2, -0.15) is 0 Å². The summed E-state index contributed by atoms with van der Waals surface area (Å²) in [4.78, 5) is 4.03. The van der Waals surface area contributed by atoms with Crippen molar-refractivity contribution >= 4 is 16.1 Å². The van der Waals surface area contributed by atoms with Crippen LogP contribution in [0.5, 0.6) is 0 Å². The normalized spacial score (nSPS) is 29.9. The highest BCUT2D eigenvalue weighted by atomic mass is 32.2. The number of aliphatic hydroxyl groups excluding tert-OH is 1. The third kappa shape index (κ3) is 2.45. The Labute approximate surface area is 87.4 Å². The molecule has 0 radical (unpaired) electrons. The van der Waals surface area contributed by atoms with Crippen LogP contribution in [-0.4, -0.2) is 43.4 Å². The fourth-order valence-electron chi connectivity index (χ4n) is 1.48. The molecule has 0 unspecified atom stereocenters. The summed E-state index contributed by atoms with van der Waals surface area (Å²) in [6, 6.07) is 1.16. The van der Waals surface area contributed by atoms with E-state index < -0.39 is 22.0 Å². The zero-order chi connectivity index (χ0) is 10.9. The lowest BCUT2D eigenvalue weighted by Gasteiger charge is -2.04. The van der Waals surface area contributed by atoms with E-state index in [1.54, 1.807) is 6.07 Å². The topological polar surface area (TPSA) is 79.9 Å². The molecule has 2 heterocycles. The molecule has 6 heteroatoms. The van der Waals surface area contributed by atoms with Crippen LogP contribution in [0, 0.1) is 0 Å². The van der Waals surface area contributed by atoms with Gasteiger partial charge in [0.2, 0.25) is 0 Å². The smallest absolute Gasteiger partial charge is 0.155 e. The zero-order valence-electron chi connectivity index (χ0n) is 7.91. The maximum atomic E-state index is 11.2. The number of hydrogen-bond acceptors (Lipinski definition) is 5. The third-order valence-electron chi connectivity index (χ3n) is 2.25. The molecular formula is C9H11NO4S. The molecule has 1 saturated heterocycles. The largest absolute Gasteiger partial charge is 0.472 e. The van der Waals surface area contributed by atoms with Gasteiger partial charge >= 0.3 is 0 Å². The van der Waals surface area contributed by atoms with Crippen LogP contribution in [0.1, 0.15) is 5.56 Å². The Balaban J connectivity index is 2.08. The van der Waals surface area contributed by atoms with E-state index in [1.807, 2.05) is 0 Å². The van der Waals surface area contributed by atoms with Crippen LogP contribution in [0.3, 0.4) is 0 Å². The first-order valence-corrected chi connectivity index (χ1v) is 6.33. The molecule has 0 bridgehead atoms. The van der Waals surface area contributed by atoms with Crippen molar-refractivity contribution in [3.63, 3.8) is 0 Å². The minimum atomic E-state index is -3.12. The SMILES string of the molecule is O=S1(=O)C[C@H](O)[C@H](N=Cc2ccoc2)C1. The average molecular weight is 229 g/mol. The third-order valence-corrected chi connectivity index (χ3v) is 3.95. The summed E-state index contributed by atoms with van der Waals surface area (Å²) in [7, 11) is -3.12. The average Bonchev–Trinajstić information content (AvgIpc) is 2.70. The van der Waals surface area contributed by atoms with Gasteiger partial charge in [0.25, 0.3) is 0 Å². The fourth-order valence-corrected chi connectivity index (χ4v) is 3.19. The van der Waals surface area contributed by atoms with Crippen LogP contribution >= 0.6 is 0 Å². The highest BCUT2D eigenvalue weighted by Crippen LogP contribution is 2.15. The lowest BCUT2D eigenvalue weighted by Crippen LogP contribution is -2.21. The van der Waals surface area contributed by atoms with E-state index >= 15 is 0 Å². The minimum Gasteiger partial charge on any atom is -0.472 e. The van der Waals surface area contributed by atoms with Crippen molar-refractivity contribution in [2.45, 2.75) is 12.1 Å². The van der Waals surface area contributed by atoms with Crippen molar-refractivity contribution in [1.82, 2.24) is 0 Å². The van der Waals surface area contributed by atoms with Crippen molar-refractivity contribution in [1.29, 1.82) is 0 Å². The van der Waals surface area contributed by atoms with Gasteiger partial charge in [0.05, 0.1) is 36.2 Å². The summed E-state index contributed by atoms with van der Waals surface area (Å²) in [5.74, 6) is -0.275. The van der Waals surface area contributed by atoms with Gasteiger partial charge in [-0.25, -0.2) is 8.42 Å². The van der Waals surface area contributed by atoms with Gasteiger partial charge in [0.15, 0.2) is 9.84 Å². The standard InChI is InChI=1S/C9H11NO4S/c11-9-6-15(12,13)5-8(9)10-3-7-1-2-14-4-7/h1-4,8-9,11H,5-6H2/t8-,9+/m1/s1. The van der Waals surface area contributed by atoms with Crippen LogP contribution in [0.2, 0.25) is 0 Å². The van der Waals surface area contributed by atoms with E-state index in [0.717, 1.165) is 5.56 Å². The molecule has 15 heavy (non-hydrogen) atoms. The molecule has 82 valence electrons. The summed E-state index contributed by atoms with van der Waals surface area (Å²) < 4.78 is 27.1. The lowest BCUT2D eigenvalue weighted by molar-refractivity contribution is 0.184. The van der Waals surface area contributed by atoms with Gasteiger partial charge in [-0.15, -0.1) is 0 Å².